The molecule has 5 nitrogen and oxygen atoms in total. The van der Waals surface area contributed by atoms with Crippen LogP contribution in [-0.2, 0) is 20.7 Å². The van der Waals surface area contributed by atoms with Gasteiger partial charge in [0, 0.05) is 37.6 Å². The van der Waals surface area contributed by atoms with Gasteiger partial charge in [-0.3, -0.25) is 4.21 Å². The van der Waals surface area contributed by atoms with E-state index in [0.29, 0.717) is 39.5 Å². The third kappa shape index (κ3) is 7.40. The van der Waals surface area contributed by atoms with Gasteiger partial charge in [-0.05, 0) is 13.8 Å². The van der Waals surface area contributed by atoms with Crippen molar-refractivity contribution >= 4 is 11.3 Å². The molecule has 0 aromatic rings. The van der Waals surface area contributed by atoms with Gasteiger partial charge in [0.2, 0.25) is 0 Å². The van der Waals surface area contributed by atoms with Gasteiger partial charge in [-0.15, -0.1) is 0 Å². The van der Waals surface area contributed by atoms with E-state index in [1.807, 2.05) is 13.8 Å². The molecule has 0 saturated heterocycles. The molecular weight excluding hydrogens is 206 g/mol. The second-order valence-electron chi connectivity index (χ2n) is 2.54. The number of rotatable bonds is 9. The number of ether oxygens (including phenoxy) is 2. The summed E-state index contributed by atoms with van der Waals surface area (Å²) in [6.45, 7) is 6.58. The minimum Gasteiger partial charge on any atom is -0.760 e. The second-order valence-corrected chi connectivity index (χ2v) is 3.49. The molecule has 86 valence electrons. The molecule has 0 aromatic carbocycles. The third-order valence-corrected chi connectivity index (χ3v) is 2.38. The lowest BCUT2D eigenvalue weighted by Crippen LogP contribution is -2.32. The average Bonchev–Trinajstić information content (AvgIpc) is 2.15. The molecule has 0 aliphatic rings. The van der Waals surface area contributed by atoms with Crippen molar-refractivity contribution in [3.05, 3.63) is 0 Å². The van der Waals surface area contributed by atoms with E-state index in [9.17, 15) is 8.76 Å². The zero-order valence-electron chi connectivity index (χ0n) is 8.73. The summed E-state index contributed by atoms with van der Waals surface area (Å²) in [6.07, 6.45) is 0. The lowest BCUT2D eigenvalue weighted by Gasteiger charge is -2.23. The zero-order chi connectivity index (χ0) is 10.8. The van der Waals surface area contributed by atoms with Crippen molar-refractivity contribution < 1.29 is 18.2 Å². The Hall–Kier alpha value is -0.0100. The largest absolute Gasteiger partial charge is 0.760 e. The molecule has 6 heteroatoms. The molecule has 0 heterocycles. The van der Waals surface area contributed by atoms with Crippen molar-refractivity contribution in [2.45, 2.75) is 13.8 Å². The van der Waals surface area contributed by atoms with Gasteiger partial charge < -0.3 is 14.0 Å². The summed E-state index contributed by atoms with van der Waals surface area (Å²) >= 11 is -2.19. The zero-order valence-corrected chi connectivity index (χ0v) is 9.55. The van der Waals surface area contributed by atoms with Gasteiger partial charge in [-0.1, -0.05) is 0 Å². The predicted molar refractivity (Wildman–Crippen MR) is 53.5 cm³/mol. The Morgan fingerprint density at radius 3 is 1.86 bits per heavy atom. The van der Waals surface area contributed by atoms with Crippen LogP contribution in [0, 0.1) is 0 Å². The van der Waals surface area contributed by atoms with Gasteiger partial charge in [0.15, 0.2) is 0 Å². The highest BCUT2D eigenvalue weighted by atomic mass is 32.2. The van der Waals surface area contributed by atoms with Crippen LogP contribution in [0.5, 0.6) is 0 Å². The van der Waals surface area contributed by atoms with Gasteiger partial charge in [0.1, 0.15) is 0 Å². The van der Waals surface area contributed by atoms with Crippen LogP contribution in [0.25, 0.3) is 0 Å². The monoisotopic (exact) mass is 224 g/mol. The molecule has 0 rings (SSSR count). The minimum absolute atomic E-state index is 0.386. The normalized spacial score (nSPS) is 13.4. The standard InChI is InChI=1S/C8H19NO4S/c1-3-12-7-5-9(14(10)11)6-8-13-4-2/h3-8H2,1-2H3,(H,10,11)/p-1. The Bertz CT molecular complexity index is 146. The van der Waals surface area contributed by atoms with E-state index >= 15 is 0 Å². The maximum atomic E-state index is 10.7. The molecule has 0 N–H and O–H groups in total. The Kier molecular flexibility index (Phi) is 9.53. The summed E-state index contributed by atoms with van der Waals surface area (Å²) in [5.41, 5.74) is 0. The molecule has 1 atom stereocenters. The summed E-state index contributed by atoms with van der Waals surface area (Å²) in [6, 6.07) is 0. The molecule has 0 aromatic heterocycles. The highest BCUT2D eigenvalue weighted by Crippen LogP contribution is 1.92. The lowest BCUT2D eigenvalue weighted by atomic mass is 10.6. The molecule has 0 bridgehead atoms. The van der Waals surface area contributed by atoms with Crippen molar-refractivity contribution in [3.63, 3.8) is 0 Å². The predicted octanol–water partition coefficient (Wildman–Crippen LogP) is 0.155. The summed E-state index contributed by atoms with van der Waals surface area (Å²) in [7, 11) is 0. The lowest BCUT2D eigenvalue weighted by molar-refractivity contribution is 0.109. The molecule has 0 aliphatic heterocycles. The van der Waals surface area contributed by atoms with Crippen LogP contribution in [0.4, 0.5) is 0 Å². The molecule has 0 spiro atoms. The Morgan fingerprint density at radius 2 is 1.57 bits per heavy atom. The van der Waals surface area contributed by atoms with Crippen molar-refractivity contribution in [2.24, 2.45) is 0 Å². The van der Waals surface area contributed by atoms with Crippen molar-refractivity contribution in [1.29, 1.82) is 0 Å². The van der Waals surface area contributed by atoms with Gasteiger partial charge in [0.05, 0.1) is 13.2 Å². The van der Waals surface area contributed by atoms with Crippen LogP contribution < -0.4 is 0 Å². The van der Waals surface area contributed by atoms with Crippen molar-refractivity contribution in [2.75, 3.05) is 39.5 Å². The highest BCUT2D eigenvalue weighted by molar-refractivity contribution is 7.76. The minimum atomic E-state index is -2.19. The smallest absolute Gasteiger partial charge is 0.0603 e. The average molecular weight is 224 g/mol. The number of hydrogen-bond acceptors (Lipinski definition) is 4. The quantitative estimate of drug-likeness (QED) is 0.413. The maximum absolute atomic E-state index is 10.7. The van der Waals surface area contributed by atoms with Gasteiger partial charge in [-0.2, -0.15) is 0 Å². The number of nitrogens with zero attached hydrogens (tertiary/aromatic N) is 1. The van der Waals surface area contributed by atoms with Crippen LogP contribution >= 0.6 is 0 Å². The fraction of sp³-hybridized carbons (Fsp3) is 1.00. The summed E-state index contributed by atoms with van der Waals surface area (Å²) in [5.74, 6) is 0. The summed E-state index contributed by atoms with van der Waals surface area (Å²) in [4.78, 5) is 0. The Balaban J connectivity index is 3.61. The number of hydrogen-bond donors (Lipinski definition) is 0. The SMILES string of the molecule is CCOCCN(CCOCC)S(=O)[O-]. The maximum Gasteiger partial charge on any atom is 0.0603 e. The first kappa shape index (κ1) is 14.0. The van der Waals surface area contributed by atoms with Crippen molar-refractivity contribution in [1.82, 2.24) is 4.31 Å². The summed E-state index contributed by atoms with van der Waals surface area (Å²) < 4.78 is 32.8. The van der Waals surface area contributed by atoms with E-state index in [4.69, 9.17) is 9.47 Å². The third-order valence-electron chi connectivity index (χ3n) is 1.59. The summed E-state index contributed by atoms with van der Waals surface area (Å²) in [5, 5.41) is 0. The molecule has 0 radical (unpaired) electrons. The van der Waals surface area contributed by atoms with Crippen LogP contribution in [0.2, 0.25) is 0 Å². The molecule has 14 heavy (non-hydrogen) atoms. The Morgan fingerprint density at radius 1 is 1.14 bits per heavy atom. The molecule has 0 fully saturated rings. The van der Waals surface area contributed by atoms with E-state index in [1.54, 1.807) is 0 Å². The molecule has 0 saturated carbocycles. The first-order valence-electron chi connectivity index (χ1n) is 4.72. The Labute approximate surface area is 87.8 Å². The van der Waals surface area contributed by atoms with Crippen LogP contribution in [0.3, 0.4) is 0 Å². The van der Waals surface area contributed by atoms with Gasteiger partial charge in [0.25, 0.3) is 0 Å². The van der Waals surface area contributed by atoms with Crippen LogP contribution in [-0.4, -0.2) is 52.6 Å². The topological polar surface area (TPSA) is 61.8 Å². The van der Waals surface area contributed by atoms with Crippen LogP contribution in [0.15, 0.2) is 0 Å². The first-order valence-corrected chi connectivity index (χ1v) is 5.75. The van der Waals surface area contributed by atoms with Gasteiger partial charge >= 0.3 is 0 Å². The second kappa shape index (κ2) is 9.54. The van der Waals surface area contributed by atoms with E-state index in [1.165, 1.54) is 4.31 Å². The van der Waals surface area contributed by atoms with Gasteiger partial charge in [-0.25, -0.2) is 4.31 Å². The van der Waals surface area contributed by atoms with E-state index in [0.717, 1.165) is 0 Å². The van der Waals surface area contributed by atoms with E-state index < -0.39 is 11.3 Å². The van der Waals surface area contributed by atoms with Crippen LogP contribution in [0.1, 0.15) is 13.8 Å². The highest BCUT2D eigenvalue weighted by Gasteiger charge is 2.04. The van der Waals surface area contributed by atoms with E-state index in [-0.39, 0.29) is 0 Å². The van der Waals surface area contributed by atoms with E-state index in [2.05, 4.69) is 0 Å². The fourth-order valence-electron chi connectivity index (χ4n) is 0.882. The molecule has 0 aliphatic carbocycles. The molecular formula is C8H18NO4S-. The fourth-order valence-corrected chi connectivity index (χ4v) is 1.33. The van der Waals surface area contributed by atoms with Crippen molar-refractivity contribution in [3.8, 4) is 0 Å². The molecule has 0 amide bonds. The molecule has 1 unspecified atom stereocenters. The first-order chi connectivity index (χ1) is 6.72.